The molecule has 1 N–H and O–H groups in total. The van der Waals surface area contributed by atoms with Gasteiger partial charge in [-0.3, -0.25) is 4.90 Å². The maximum absolute atomic E-state index is 3.58. The Hall–Kier alpha value is 0.1000. The van der Waals surface area contributed by atoms with Crippen LogP contribution >= 0.6 is 27.3 Å². The Balaban J connectivity index is 1.79. The number of hydrogen-bond acceptors (Lipinski definition) is 3. The van der Waals surface area contributed by atoms with E-state index in [0.29, 0.717) is 6.04 Å². The van der Waals surface area contributed by atoms with Crippen molar-refractivity contribution < 1.29 is 0 Å². The van der Waals surface area contributed by atoms with Crippen LogP contribution in [0.1, 0.15) is 23.8 Å². The minimum atomic E-state index is 0.693. The molecular weight excluding hydrogens is 284 g/mol. The number of hydrogen-bond donors (Lipinski definition) is 1. The van der Waals surface area contributed by atoms with Gasteiger partial charge in [-0.05, 0) is 46.8 Å². The van der Waals surface area contributed by atoms with Gasteiger partial charge in [-0.1, -0.05) is 0 Å². The zero-order valence-electron chi connectivity index (χ0n) is 9.29. The fourth-order valence-electron chi connectivity index (χ4n) is 2.57. The number of thiophene rings is 1. The molecule has 4 heteroatoms. The van der Waals surface area contributed by atoms with Gasteiger partial charge < -0.3 is 5.32 Å². The monoisotopic (exact) mass is 300 g/mol. The van der Waals surface area contributed by atoms with Gasteiger partial charge in [0.25, 0.3) is 0 Å². The third-order valence-corrected chi connectivity index (χ3v) is 5.19. The third kappa shape index (κ3) is 2.35. The Morgan fingerprint density at radius 1 is 1.31 bits per heavy atom. The number of piperazine rings is 1. The molecule has 88 valence electrons. The highest BCUT2D eigenvalue weighted by atomic mass is 79.9. The van der Waals surface area contributed by atoms with Crippen molar-refractivity contribution in [2.75, 3.05) is 26.2 Å². The Morgan fingerprint density at radius 3 is 2.62 bits per heavy atom. The summed E-state index contributed by atoms with van der Waals surface area (Å²) in [6, 6.07) is 5.19. The topological polar surface area (TPSA) is 15.3 Å². The normalized spacial score (nSPS) is 24.6. The van der Waals surface area contributed by atoms with Crippen LogP contribution in [0.5, 0.6) is 0 Å². The van der Waals surface area contributed by atoms with Crippen LogP contribution in [-0.4, -0.2) is 31.1 Å². The van der Waals surface area contributed by atoms with E-state index in [4.69, 9.17) is 0 Å². The molecule has 1 saturated heterocycles. The van der Waals surface area contributed by atoms with E-state index in [1.165, 1.54) is 29.7 Å². The third-order valence-electron chi connectivity index (χ3n) is 3.50. The number of rotatable bonds is 3. The average molecular weight is 301 g/mol. The van der Waals surface area contributed by atoms with E-state index in [1.807, 2.05) is 11.3 Å². The summed E-state index contributed by atoms with van der Waals surface area (Å²) in [6.45, 7) is 4.71. The van der Waals surface area contributed by atoms with Crippen molar-refractivity contribution in [3.8, 4) is 0 Å². The molecule has 0 bridgehead atoms. The first-order valence-electron chi connectivity index (χ1n) is 6.04. The second-order valence-electron chi connectivity index (χ2n) is 4.71. The molecule has 1 aromatic heterocycles. The van der Waals surface area contributed by atoms with Gasteiger partial charge in [0, 0.05) is 37.1 Å². The minimum absolute atomic E-state index is 0.693. The van der Waals surface area contributed by atoms with E-state index in [9.17, 15) is 0 Å². The Morgan fingerprint density at radius 2 is 2.06 bits per heavy atom. The molecule has 1 aliphatic heterocycles. The van der Waals surface area contributed by atoms with Gasteiger partial charge in [-0.25, -0.2) is 0 Å². The Labute approximate surface area is 109 Å². The van der Waals surface area contributed by atoms with Crippen molar-refractivity contribution in [3.05, 3.63) is 20.8 Å². The van der Waals surface area contributed by atoms with Crippen LogP contribution in [0.25, 0.3) is 0 Å². The maximum Gasteiger partial charge on any atom is 0.0701 e. The van der Waals surface area contributed by atoms with Crippen LogP contribution in [0.4, 0.5) is 0 Å². The first kappa shape index (κ1) is 11.2. The summed E-state index contributed by atoms with van der Waals surface area (Å²) in [5, 5.41) is 3.44. The fourth-order valence-corrected chi connectivity index (χ4v) is 4.22. The maximum atomic E-state index is 3.58. The number of nitrogens with one attached hydrogen (secondary N) is 1. The summed E-state index contributed by atoms with van der Waals surface area (Å²) in [5.41, 5.74) is 0. The van der Waals surface area contributed by atoms with Gasteiger partial charge in [0.15, 0.2) is 0 Å². The number of halogens is 1. The van der Waals surface area contributed by atoms with Crippen LogP contribution in [0, 0.1) is 5.92 Å². The van der Waals surface area contributed by atoms with Crippen molar-refractivity contribution >= 4 is 27.3 Å². The summed E-state index contributed by atoms with van der Waals surface area (Å²) in [7, 11) is 0. The lowest BCUT2D eigenvalue weighted by molar-refractivity contribution is 0.158. The summed E-state index contributed by atoms with van der Waals surface area (Å²) in [5.74, 6) is 0.920. The van der Waals surface area contributed by atoms with Crippen LogP contribution in [0.3, 0.4) is 0 Å². The van der Waals surface area contributed by atoms with Crippen LogP contribution in [-0.2, 0) is 0 Å². The van der Waals surface area contributed by atoms with E-state index >= 15 is 0 Å². The standard InChI is InChI=1S/C12H17BrN2S/c13-11-4-3-10(16-11)12(9-1-2-9)15-7-5-14-6-8-15/h3-4,9,12,14H,1-2,5-8H2. The molecule has 3 rings (SSSR count). The van der Waals surface area contributed by atoms with Gasteiger partial charge in [0.2, 0.25) is 0 Å². The molecule has 2 aliphatic rings. The van der Waals surface area contributed by atoms with Crippen molar-refractivity contribution in [2.24, 2.45) is 5.92 Å². The molecule has 1 atom stereocenters. The second-order valence-corrected chi connectivity index (χ2v) is 7.20. The molecule has 16 heavy (non-hydrogen) atoms. The summed E-state index contributed by atoms with van der Waals surface area (Å²) >= 11 is 5.49. The smallest absolute Gasteiger partial charge is 0.0701 e. The lowest BCUT2D eigenvalue weighted by Crippen LogP contribution is -2.45. The van der Waals surface area contributed by atoms with E-state index in [0.717, 1.165) is 19.0 Å². The van der Waals surface area contributed by atoms with Crippen molar-refractivity contribution in [1.82, 2.24) is 10.2 Å². The highest BCUT2D eigenvalue weighted by Crippen LogP contribution is 2.46. The molecule has 0 aromatic carbocycles. The predicted molar refractivity (Wildman–Crippen MR) is 71.9 cm³/mol. The minimum Gasteiger partial charge on any atom is -0.314 e. The highest BCUT2D eigenvalue weighted by molar-refractivity contribution is 9.11. The van der Waals surface area contributed by atoms with Crippen LogP contribution in [0.15, 0.2) is 15.9 Å². The van der Waals surface area contributed by atoms with E-state index in [1.54, 1.807) is 4.88 Å². The molecule has 2 heterocycles. The highest BCUT2D eigenvalue weighted by Gasteiger charge is 2.37. The van der Waals surface area contributed by atoms with Crippen molar-refractivity contribution in [2.45, 2.75) is 18.9 Å². The van der Waals surface area contributed by atoms with Crippen molar-refractivity contribution in [1.29, 1.82) is 0 Å². The zero-order valence-corrected chi connectivity index (χ0v) is 11.7. The van der Waals surface area contributed by atoms with Gasteiger partial charge >= 0.3 is 0 Å². The van der Waals surface area contributed by atoms with Crippen molar-refractivity contribution in [3.63, 3.8) is 0 Å². The summed E-state index contributed by atoms with van der Waals surface area (Å²) in [6.07, 6.45) is 2.84. The first-order chi connectivity index (χ1) is 7.84. The lowest BCUT2D eigenvalue weighted by Gasteiger charge is -2.34. The van der Waals surface area contributed by atoms with Gasteiger partial charge in [-0.15, -0.1) is 11.3 Å². The van der Waals surface area contributed by atoms with Crippen LogP contribution < -0.4 is 5.32 Å². The second kappa shape index (κ2) is 4.77. The average Bonchev–Trinajstić information content (AvgIpc) is 3.04. The molecule has 2 fully saturated rings. The number of nitrogens with zero attached hydrogens (tertiary/aromatic N) is 1. The SMILES string of the molecule is Brc1ccc(C(C2CC2)N2CCNCC2)s1. The fraction of sp³-hybridized carbons (Fsp3) is 0.667. The molecule has 2 nitrogen and oxygen atoms in total. The quantitative estimate of drug-likeness (QED) is 0.923. The molecule has 0 amide bonds. The Kier molecular flexibility index (Phi) is 3.34. The molecule has 1 aromatic rings. The molecule has 1 unspecified atom stereocenters. The van der Waals surface area contributed by atoms with E-state index in [-0.39, 0.29) is 0 Å². The van der Waals surface area contributed by atoms with E-state index in [2.05, 4.69) is 38.3 Å². The zero-order chi connectivity index (χ0) is 11.0. The van der Waals surface area contributed by atoms with Gasteiger partial charge in [0.05, 0.1) is 3.79 Å². The molecule has 1 saturated carbocycles. The van der Waals surface area contributed by atoms with E-state index < -0.39 is 0 Å². The summed E-state index contributed by atoms with van der Waals surface area (Å²) < 4.78 is 1.27. The predicted octanol–water partition coefficient (Wildman–Crippen LogP) is 2.87. The molecule has 1 aliphatic carbocycles. The largest absolute Gasteiger partial charge is 0.314 e. The first-order valence-corrected chi connectivity index (χ1v) is 7.65. The molecule has 0 spiro atoms. The molecule has 0 radical (unpaired) electrons. The lowest BCUT2D eigenvalue weighted by atomic mass is 10.1. The Bertz CT molecular complexity index is 356. The summed E-state index contributed by atoms with van der Waals surface area (Å²) in [4.78, 5) is 4.23. The van der Waals surface area contributed by atoms with Crippen LogP contribution in [0.2, 0.25) is 0 Å². The van der Waals surface area contributed by atoms with Gasteiger partial charge in [-0.2, -0.15) is 0 Å². The van der Waals surface area contributed by atoms with Gasteiger partial charge in [0.1, 0.15) is 0 Å². The molecular formula is C12H17BrN2S.